The third kappa shape index (κ3) is 3.99. The van der Waals surface area contributed by atoms with Crippen molar-refractivity contribution in [3.05, 3.63) is 78.2 Å². The molecule has 4 heterocycles. The van der Waals surface area contributed by atoms with E-state index in [2.05, 4.69) is 20.7 Å². The number of hydrogen-bond acceptors (Lipinski definition) is 6. The number of nitrogens with one attached hydrogen (secondary N) is 2. The standard InChI is InChI=1S/C23H22F2N6O/c1-31-13-15(12-28-31)17-6-4-14(20(24)21(17)25)11-27-18-8-9-26-23-22(18)29-19(30-23)7-5-16-3-2-10-32-16/h2-4,6,8-10,12-13,18,22,27H,5,7,11H2,1H3,(H,26,29,30). The molecule has 9 heteroatoms. The topological polar surface area (TPSA) is 79.7 Å². The smallest absolute Gasteiger partial charge is 0.167 e. The highest BCUT2D eigenvalue weighted by atomic mass is 19.2. The Morgan fingerprint density at radius 1 is 1.19 bits per heavy atom. The molecule has 0 spiro atoms. The van der Waals surface area contributed by atoms with Crippen LogP contribution in [0.3, 0.4) is 0 Å². The summed E-state index contributed by atoms with van der Waals surface area (Å²) in [6, 6.07) is 6.56. The molecule has 164 valence electrons. The Balaban J connectivity index is 1.26. The Hall–Kier alpha value is -3.59. The summed E-state index contributed by atoms with van der Waals surface area (Å²) < 4.78 is 36.3. The van der Waals surface area contributed by atoms with Gasteiger partial charge < -0.3 is 15.1 Å². The monoisotopic (exact) mass is 436 g/mol. The molecule has 2 unspecified atom stereocenters. The van der Waals surface area contributed by atoms with E-state index in [1.807, 2.05) is 18.2 Å². The van der Waals surface area contributed by atoms with E-state index in [0.717, 1.165) is 23.9 Å². The highest BCUT2D eigenvalue weighted by Gasteiger charge is 2.32. The lowest BCUT2D eigenvalue weighted by Gasteiger charge is -2.22. The van der Waals surface area contributed by atoms with Crippen molar-refractivity contribution in [3.63, 3.8) is 0 Å². The number of aromatic nitrogens is 2. The van der Waals surface area contributed by atoms with Gasteiger partial charge >= 0.3 is 0 Å². The zero-order valence-electron chi connectivity index (χ0n) is 17.4. The first-order valence-electron chi connectivity index (χ1n) is 10.4. The van der Waals surface area contributed by atoms with Crippen molar-refractivity contribution in [2.75, 3.05) is 0 Å². The SMILES string of the molecule is Cn1cc(-c2ccc(CNC3C=CN=C4NC(CCc5ccco5)=NC43)c(F)c2F)cn1. The van der Waals surface area contributed by atoms with Gasteiger partial charge in [0.2, 0.25) is 0 Å². The van der Waals surface area contributed by atoms with Crippen molar-refractivity contribution in [2.45, 2.75) is 31.5 Å². The quantitative estimate of drug-likeness (QED) is 0.595. The minimum atomic E-state index is -0.875. The van der Waals surface area contributed by atoms with Crippen LogP contribution in [0.15, 0.2) is 69.6 Å². The molecule has 2 aliphatic rings. The summed E-state index contributed by atoms with van der Waals surface area (Å²) in [6.07, 6.45) is 9.83. The summed E-state index contributed by atoms with van der Waals surface area (Å²) in [6.45, 7) is 0.159. The minimum absolute atomic E-state index is 0.159. The largest absolute Gasteiger partial charge is 0.469 e. The number of aliphatic imine (C=N–C) groups is 2. The Kier molecular flexibility index (Phi) is 5.40. The molecule has 0 radical (unpaired) electrons. The van der Waals surface area contributed by atoms with E-state index < -0.39 is 11.6 Å². The van der Waals surface area contributed by atoms with E-state index in [9.17, 15) is 8.78 Å². The molecule has 2 aromatic heterocycles. The fourth-order valence-corrected chi connectivity index (χ4v) is 3.90. The van der Waals surface area contributed by atoms with Crippen LogP contribution in [0.5, 0.6) is 0 Å². The molecule has 5 rings (SSSR count). The zero-order chi connectivity index (χ0) is 22.1. The van der Waals surface area contributed by atoms with Gasteiger partial charge in [0, 0.05) is 55.5 Å². The summed E-state index contributed by atoms with van der Waals surface area (Å²) in [4.78, 5) is 9.12. The fraction of sp³-hybridized carbons (Fsp3) is 0.261. The molecule has 0 bridgehead atoms. The number of aryl methyl sites for hydroxylation is 2. The Morgan fingerprint density at radius 3 is 2.88 bits per heavy atom. The van der Waals surface area contributed by atoms with Crippen LogP contribution in [-0.2, 0) is 20.0 Å². The second kappa shape index (κ2) is 8.51. The molecular weight excluding hydrogens is 414 g/mol. The molecule has 0 saturated heterocycles. The summed E-state index contributed by atoms with van der Waals surface area (Å²) >= 11 is 0. The second-order valence-corrected chi connectivity index (χ2v) is 7.79. The van der Waals surface area contributed by atoms with Gasteiger partial charge in [0.1, 0.15) is 23.5 Å². The molecule has 2 N–H and O–H groups in total. The highest BCUT2D eigenvalue weighted by molar-refractivity contribution is 6.09. The molecule has 0 aliphatic carbocycles. The average Bonchev–Trinajstić information content (AvgIpc) is 3.54. The molecular formula is C23H22F2N6O. The Labute approximate surface area is 183 Å². The maximum absolute atomic E-state index is 14.7. The number of furan rings is 1. The van der Waals surface area contributed by atoms with Gasteiger partial charge in [-0.3, -0.25) is 9.67 Å². The first kappa shape index (κ1) is 20.3. The van der Waals surface area contributed by atoms with E-state index in [1.165, 1.54) is 6.20 Å². The molecule has 1 aromatic carbocycles. The fourth-order valence-electron chi connectivity index (χ4n) is 3.90. The van der Waals surface area contributed by atoms with Gasteiger partial charge in [0.15, 0.2) is 11.6 Å². The van der Waals surface area contributed by atoms with Crippen LogP contribution >= 0.6 is 0 Å². The number of hydrogen-bond donors (Lipinski definition) is 2. The zero-order valence-corrected chi connectivity index (χ0v) is 17.4. The average molecular weight is 436 g/mol. The lowest BCUT2D eigenvalue weighted by molar-refractivity contribution is 0.485. The van der Waals surface area contributed by atoms with E-state index in [0.29, 0.717) is 12.0 Å². The number of amidine groups is 2. The number of fused-ring (bicyclic) bond motifs is 1. The normalized spacial score (nSPS) is 19.5. The lowest BCUT2D eigenvalue weighted by atomic mass is 10.0. The van der Waals surface area contributed by atoms with Crippen molar-refractivity contribution >= 4 is 11.7 Å². The summed E-state index contributed by atoms with van der Waals surface area (Å²) in [5.41, 5.74) is 0.977. The van der Waals surface area contributed by atoms with E-state index in [4.69, 9.17) is 9.41 Å². The van der Waals surface area contributed by atoms with Gasteiger partial charge in [-0.05, 0) is 18.2 Å². The molecule has 2 atom stereocenters. The van der Waals surface area contributed by atoms with Gasteiger partial charge in [-0.15, -0.1) is 0 Å². The Morgan fingerprint density at radius 2 is 2.09 bits per heavy atom. The number of nitrogens with zero attached hydrogens (tertiary/aromatic N) is 4. The van der Waals surface area contributed by atoms with E-state index in [1.54, 1.807) is 42.5 Å². The van der Waals surface area contributed by atoms with Gasteiger partial charge in [-0.1, -0.05) is 12.1 Å². The first-order valence-corrected chi connectivity index (χ1v) is 10.4. The van der Waals surface area contributed by atoms with Gasteiger partial charge in [-0.2, -0.15) is 5.10 Å². The van der Waals surface area contributed by atoms with Crippen molar-refractivity contribution < 1.29 is 13.2 Å². The minimum Gasteiger partial charge on any atom is -0.469 e. The molecule has 32 heavy (non-hydrogen) atoms. The van der Waals surface area contributed by atoms with Crippen molar-refractivity contribution in [1.29, 1.82) is 0 Å². The molecule has 7 nitrogen and oxygen atoms in total. The van der Waals surface area contributed by atoms with E-state index >= 15 is 0 Å². The van der Waals surface area contributed by atoms with Crippen LogP contribution in [-0.4, -0.2) is 33.5 Å². The van der Waals surface area contributed by atoms with Crippen LogP contribution in [0.2, 0.25) is 0 Å². The third-order valence-electron chi connectivity index (χ3n) is 5.59. The van der Waals surface area contributed by atoms with Crippen molar-refractivity contribution in [2.24, 2.45) is 17.0 Å². The number of rotatable bonds is 7. The second-order valence-electron chi connectivity index (χ2n) is 7.79. The maximum Gasteiger partial charge on any atom is 0.167 e. The number of benzene rings is 1. The van der Waals surface area contributed by atoms with Gasteiger partial charge in [0.05, 0.1) is 18.5 Å². The van der Waals surface area contributed by atoms with Crippen LogP contribution in [0.25, 0.3) is 11.1 Å². The van der Waals surface area contributed by atoms with Crippen LogP contribution in [0, 0.1) is 11.6 Å². The number of halogens is 2. The van der Waals surface area contributed by atoms with Crippen molar-refractivity contribution in [1.82, 2.24) is 20.4 Å². The summed E-state index contributed by atoms with van der Waals surface area (Å²) in [7, 11) is 1.73. The molecule has 3 aromatic rings. The molecule has 0 amide bonds. The van der Waals surface area contributed by atoms with Gasteiger partial charge in [-0.25, -0.2) is 13.8 Å². The molecule has 0 fully saturated rings. The Bertz CT molecular complexity index is 1210. The van der Waals surface area contributed by atoms with Crippen LogP contribution in [0.1, 0.15) is 17.7 Å². The highest BCUT2D eigenvalue weighted by Crippen LogP contribution is 2.26. The molecule has 0 saturated carbocycles. The predicted molar refractivity (Wildman–Crippen MR) is 117 cm³/mol. The molecule has 2 aliphatic heterocycles. The van der Waals surface area contributed by atoms with E-state index in [-0.39, 0.29) is 29.8 Å². The summed E-state index contributed by atoms with van der Waals surface area (Å²) in [5.74, 6) is 0.738. The first-order chi connectivity index (χ1) is 15.6. The van der Waals surface area contributed by atoms with Crippen LogP contribution in [0.4, 0.5) is 8.78 Å². The summed E-state index contributed by atoms with van der Waals surface area (Å²) in [5, 5.41) is 10.6. The predicted octanol–water partition coefficient (Wildman–Crippen LogP) is 3.35. The third-order valence-corrected chi connectivity index (χ3v) is 5.59. The van der Waals surface area contributed by atoms with Gasteiger partial charge in [0.25, 0.3) is 0 Å². The lowest BCUT2D eigenvalue weighted by Crippen LogP contribution is -2.44. The maximum atomic E-state index is 14.7. The van der Waals surface area contributed by atoms with Crippen molar-refractivity contribution in [3.8, 4) is 11.1 Å². The van der Waals surface area contributed by atoms with Crippen LogP contribution < -0.4 is 10.6 Å².